The van der Waals surface area contributed by atoms with Crippen LogP contribution in [0.25, 0.3) is 0 Å². The summed E-state index contributed by atoms with van der Waals surface area (Å²) in [6, 6.07) is 9.44. The van der Waals surface area contributed by atoms with Crippen molar-refractivity contribution in [3.63, 3.8) is 0 Å². The Morgan fingerprint density at radius 3 is 2.62 bits per heavy atom. The first kappa shape index (κ1) is 22.3. The Hall–Kier alpha value is -2.94. The molecule has 32 heavy (non-hydrogen) atoms. The summed E-state index contributed by atoms with van der Waals surface area (Å²) in [6.07, 6.45) is -1.50. The molecule has 1 unspecified atom stereocenters. The molecule has 10 heteroatoms. The molecule has 1 aliphatic rings. The van der Waals surface area contributed by atoms with E-state index in [1.54, 1.807) is 21.7 Å². The first-order valence-electron chi connectivity index (χ1n) is 10.2. The fourth-order valence-electron chi connectivity index (χ4n) is 3.95. The third-order valence-corrected chi connectivity index (χ3v) is 5.84. The van der Waals surface area contributed by atoms with Crippen LogP contribution in [-0.4, -0.2) is 37.1 Å². The van der Waals surface area contributed by atoms with E-state index >= 15 is 0 Å². The van der Waals surface area contributed by atoms with Gasteiger partial charge in [0, 0.05) is 17.3 Å². The van der Waals surface area contributed by atoms with Crippen molar-refractivity contribution in [3.05, 3.63) is 76.1 Å². The molecule has 1 aliphatic heterocycles. The van der Waals surface area contributed by atoms with Crippen LogP contribution in [0.4, 0.5) is 13.2 Å². The zero-order chi connectivity index (χ0) is 22.9. The maximum absolute atomic E-state index is 13.1. The average Bonchev–Trinajstić information content (AvgIpc) is 3.39. The van der Waals surface area contributed by atoms with Gasteiger partial charge in [0.2, 0.25) is 5.91 Å². The molecule has 0 spiro atoms. The van der Waals surface area contributed by atoms with Crippen LogP contribution >= 0.6 is 11.6 Å². The number of nitrogens with zero attached hydrogens (tertiary/aromatic N) is 5. The third kappa shape index (κ3) is 4.77. The number of aromatic nitrogens is 4. The molecule has 168 valence electrons. The molecule has 0 radical (unpaired) electrons. The largest absolute Gasteiger partial charge is 0.433 e. The van der Waals surface area contributed by atoms with Gasteiger partial charge in [0.1, 0.15) is 17.8 Å². The number of aryl methyl sites for hydroxylation is 1. The summed E-state index contributed by atoms with van der Waals surface area (Å²) in [6.45, 7) is 2.54. The molecule has 1 saturated heterocycles. The number of carbonyl (C=O) groups excluding carboxylic acids is 1. The summed E-state index contributed by atoms with van der Waals surface area (Å²) in [4.78, 5) is 22.8. The highest BCUT2D eigenvalue weighted by molar-refractivity contribution is 6.30. The Morgan fingerprint density at radius 2 is 1.94 bits per heavy atom. The van der Waals surface area contributed by atoms with Gasteiger partial charge in [-0.25, -0.2) is 14.6 Å². The second kappa shape index (κ2) is 8.90. The summed E-state index contributed by atoms with van der Waals surface area (Å²) in [7, 11) is 0. The van der Waals surface area contributed by atoms with E-state index in [4.69, 9.17) is 11.6 Å². The van der Waals surface area contributed by atoms with Crippen molar-refractivity contribution in [2.75, 3.05) is 6.54 Å². The number of likely N-dealkylation sites (tertiary alicyclic amines) is 1. The van der Waals surface area contributed by atoms with Gasteiger partial charge < -0.3 is 4.90 Å². The quantitative estimate of drug-likeness (QED) is 0.554. The van der Waals surface area contributed by atoms with Gasteiger partial charge in [0.25, 0.3) is 0 Å². The molecule has 1 fully saturated rings. The molecular formula is C22H21ClF3N5O. The number of alkyl halides is 3. The van der Waals surface area contributed by atoms with Crippen molar-refractivity contribution in [3.8, 4) is 0 Å². The van der Waals surface area contributed by atoms with Crippen LogP contribution in [0.1, 0.15) is 47.2 Å². The van der Waals surface area contributed by atoms with Crippen LogP contribution in [0.3, 0.4) is 0 Å². The minimum Gasteiger partial charge on any atom is -0.332 e. The van der Waals surface area contributed by atoms with Gasteiger partial charge >= 0.3 is 6.18 Å². The van der Waals surface area contributed by atoms with E-state index in [-0.39, 0.29) is 24.1 Å². The maximum atomic E-state index is 13.1. The lowest BCUT2D eigenvalue weighted by Crippen LogP contribution is -2.33. The highest BCUT2D eigenvalue weighted by atomic mass is 35.5. The summed E-state index contributed by atoms with van der Waals surface area (Å²) >= 11 is 5.95. The maximum Gasteiger partial charge on any atom is 0.433 e. The summed E-state index contributed by atoms with van der Waals surface area (Å²) in [5.74, 6) is 0.520. The number of halogens is 4. The number of benzene rings is 1. The molecule has 1 amide bonds. The average molecular weight is 464 g/mol. The predicted molar refractivity (Wildman–Crippen MR) is 112 cm³/mol. The van der Waals surface area contributed by atoms with E-state index in [1.807, 2.05) is 12.1 Å². The molecule has 3 heterocycles. The lowest BCUT2D eigenvalue weighted by atomic mass is 10.1. The van der Waals surface area contributed by atoms with E-state index in [1.165, 1.54) is 19.3 Å². The zero-order valence-electron chi connectivity index (χ0n) is 17.3. The van der Waals surface area contributed by atoms with Gasteiger partial charge in [0.05, 0.1) is 19.0 Å². The molecule has 0 aliphatic carbocycles. The molecule has 1 aromatic carbocycles. The van der Waals surface area contributed by atoms with Crippen molar-refractivity contribution in [1.82, 2.24) is 24.6 Å². The number of hydrogen-bond donors (Lipinski definition) is 0. The number of hydrogen-bond acceptors (Lipinski definition) is 4. The number of amides is 1. The molecule has 6 nitrogen and oxygen atoms in total. The third-order valence-electron chi connectivity index (χ3n) is 5.59. The van der Waals surface area contributed by atoms with Crippen molar-refractivity contribution < 1.29 is 18.0 Å². The first-order valence-corrected chi connectivity index (χ1v) is 10.6. The van der Waals surface area contributed by atoms with Gasteiger partial charge in [-0.2, -0.15) is 18.3 Å². The number of pyridine rings is 1. The van der Waals surface area contributed by atoms with Gasteiger partial charge in [0.15, 0.2) is 0 Å². The normalized spacial score (nSPS) is 16.5. The van der Waals surface area contributed by atoms with Crippen molar-refractivity contribution in [1.29, 1.82) is 0 Å². The molecule has 4 rings (SSSR count). The van der Waals surface area contributed by atoms with Crippen LogP contribution < -0.4 is 0 Å². The molecule has 0 bridgehead atoms. The molecule has 2 aromatic heterocycles. The topological polar surface area (TPSA) is 63.9 Å². The Bertz CT molecular complexity index is 1110. The highest BCUT2D eigenvalue weighted by Crippen LogP contribution is 2.32. The Labute approximate surface area is 188 Å². The van der Waals surface area contributed by atoms with E-state index in [0.29, 0.717) is 29.5 Å². The monoisotopic (exact) mass is 463 g/mol. The molecule has 3 aromatic rings. The first-order chi connectivity index (χ1) is 15.2. The number of rotatable bonds is 5. The lowest BCUT2D eigenvalue weighted by molar-refractivity contribution is -0.141. The van der Waals surface area contributed by atoms with E-state index in [9.17, 15) is 18.0 Å². The molecule has 1 atom stereocenters. The Morgan fingerprint density at radius 1 is 1.19 bits per heavy atom. The molecule has 0 N–H and O–H groups in total. The summed E-state index contributed by atoms with van der Waals surface area (Å²) in [5.41, 5.74) is 0.732. The van der Waals surface area contributed by atoms with Gasteiger partial charge in [-0.3, -0.25) is 4.79 Å². The highest BCUT2D eigenvalue weighted by Gasteiger charge is 2.35. The zero-order valence-corrected chi connectivity index (χ0v) is 18.1. The van der Waals surface area contributed by atoms with Crippen LogP contribution in [-0.2, 0) is 23.9 Å². The second-order valence-electron chi connectivity index (χ2n) is 7.76. The van der Waals surface area contributed by atoms with Gasteiger partial charge in [-0.15, -0.1) is 0 Å². The van der Waals surface area contributed by atoms with Crippen LogP contribution in [0.15, 0.2) is 42.7 Å². The Balaban J connectivity index is 1.50. The van der Waals surface area contributed by atoms with E-state index in [2.05, 4.69) is 15.1 Å². The lowest BCUT2D eigenvalue weighted by Gasteiger charge is -2.25. The Kier molecular flexibility index (Phi) is 6.19. The van der Waals surface area contributed by atoms with Gasteiger partial charge in [-0.1, -0.05) is 29.8 Å². The minimum absolute atomic E-state index is 0.0151. The fourth-order valence-corrected chi connectivity index (χ4v) is 4.07. The summed E-state index contributed by atoms with van der Waals surface area (Å²) in [5, 5.41) is 4.97. The molecule has 0 saturated carbocycles. The van der Waals surface area contributed by atoms with Crippen LogP contribution in [0, 0.1) is 6.92 Å². The second-order valence-corrected chi connectivity index (χ2v) is 8.20. The minimum atomic E-state index is -4.51. The van der Waals surface area contributed by atoms with E-state index in [0.717, 1.165) is 24.5 Å². The van der Waals surface area contributed by atoms with Gasteiger partial charge in [-0.05, 0) is 49.1 Å². The smallest absolute Gasteiger partial charge is 0.332 e. The van der Waals surface area contributed by atoms with Crippen molar-refractivity contribution in [2.45, 2.75) is 44.9 Å². The fraction of sp³-hybridized carbons (Fsp3) is 0.364. The van der Waals surface area contributed by atoms with E-state index < -0.39 is 11.9 Å². The standard InChI is InChI=1S/C22H21ClF3N5O/c1-14-16(6-9-19(29-14)22(24,25)26)11-20(32)30-10-2-3-18(30)21-27-13-28-31(21)12-15-4-7-17(23)8-5-15/h4-9,13,18H,2-3,10-12H2,1H3. The van der Waals surface area contributed by atoms with Crippen LogP contribution in [0.2, 0.25) is 5.02 Å². The molecular weight excluding hydrogens is 443 g/mol. The van der Waals surface area contributed by atoms with Crippen molar-refractivity contribution in [2.24, 2.45) is 0 Å². The van der Waals surface area contributed by atoms with Crippen LogP contribution in [0.5, 0.6) is 0 Å². The SMILES string of the molecule is Cc1nc(C(F)(F)F)ccc1CC(=O)N1CCCC1c1ncnn1Cc1ccc(Cl)cc1. The predicted octanol–water partition coefficient (Wildman–Crippen LogP) is 4.61. The van der Waals surface area contributed by atoms with Crippen molar-refractivity contribution >= 4 is 17.5 Å². The number of carbonyl (C=O) groups is 1. The summed E-state index contributed by atoms with van der Waals surface area (Å²) < 4.78 is 40.4.